The van der Waals surface area contributed by atoms with Gasteiger partial charge in [0.15, 0.2) is 0 Å². The van der Waals surface area contributed by atoms with Gasteiger partial charge in [0.05, 0.1) is 0 Å². The smallest absolute Gasteiger partial charge is 0.489 e. The summed E-state index contributed by atoms with van der Waals surface area (Å²) in [6, 6.07) is 0. The van der Waals surface area contributed by atoms with Crippen LogP contribution in [0.3, 0.4) is 0 Å². The minimum absolute atomic E-state index is 2.74. The van der Waals surface area contributed by atoms with Crippen LogP contribution in [0.4, 0.5) is 13.2 Å². The van der Waals surface area contributed by atoms with E-state index in [0.717, 1.165) is 0 Å². The average molecular weight is 156 g/mol. The molecule has 0 saturated carbocycles. The van der Waals surface area contributed by atoms with Gasteiger partial charge in [0.1, 0.15) is 7.32 Å². The first-order chi connectivity index (χ1) is 4.34. The predicted molar refractivity (Wildman–Crippen MR) is 17.9 cm³/mol. The Balaban J connectivity index is 3.87. The molecule has 0 bridgehead atoms. The van der Waals surface area contributed by atoms with Gasteiger partial charge in [0.2, 0.25) is 0 Å². The first-order valence-corrected chi connectivity index (χ1v) is 1.93. The molecule has 0 N–H and O–H groups in total. The van der Waals surface area contributed by atoms with E-state index in [2.05, 4.69) is 4.65 Å². The molecule has 0 heterocycles. The first-order valence-electron chi connectivity index (χ1n) is 1.93. The van der Waals surface area contributed by atoms with E-state index in [0.29, 0.717) is 0 Å². The SMILES string of the molecule is O=C(OB([O-])[O-])C(F)(F)F. The maximum absolute atomic E-state index is 11.1. The Kier molecular flexibility index (Phi) is 2.67. The lowest BCUT2D eigenvalue weighted by atomic mass is 10.3. The van der Waals surface area contributed by atoms with Crippen LogP contribution >= 0.6 is 0 Å². The number of carbonyl (C=O) groups excluding carboxylic acids is 1. The van der Waals surface area contributed by atoms with Crippen molar-refractivity contribution in [1.29, 1.82) is 0 Å². The predicted octanol–water partition coefficient (Wildman–Crippen LogP) is -2.20. The zero-order valence-corrected chi connectivity index (χ0v) is 4.34. The highest BCUT2D eigenvalue weighted by molar-refractivity contribution is 6.32. The van der Waals surface area contributed by atoms with Gasteiger partial charge in [-0.1, -0.05) is 0 Å². The van der Waals surface area contributed by atoms with Crippen LogP contribution in [0, 0.1) is 0 Å². The highest BCUT2D eigenvalue weighted by Gasteiger charge is 2.39. The summed E-state index contributed by atoms with van der Waals surface area (Å²) in [5, 5.41) is 18.6. The van der Waals surface area contributed by atoms with Gasteiger partial charge in [-0.3, -0.25) is 0 Å². The second-order valence-electron chi connectivity index (χ2n) is 1.19. The summed E-state index contributed by atoms with van der Waals surface area (Å²) in [5.74, 6) is -2.76. The lowest BCUT2D eigenvalue weighted by Gasteiger charge is -2.25. The highest BCUT2D eigenvalue weighted by atomic mass is 19.4. The summed E-state index contributed by atoms with van der Waals surface area (Å²) >= 11 is 0. The Morgan fingerprint density at radius 3 is 1.90 bits per heavy atom. The van der Waals surface area contributed by atoms with Crippen LogP contribution < -0.4 is 10.0 Å². The van der Waals surface area contributed by atoms with Crippen LogP contribution in [0.5, 0.6) is 0 Å². The molecule has 0 aliphatic carbocycles. The van der Waals surface area contributed by atoms with E-state index >= 15 is 0 Å². The van der Waals surface area contributed by atoms with Gasteiger partial charge in [-0.05, 0) is 0 Å². The minimum atomic E-state index is -5.27. The van der Waals surface area contributed by atoms with Crippen LogP contribution in [0.1, 0.15) is 0 Å². The summed E-state index contributed by atoms with van der Waals surface area (Å²) in [7, 11) is -3.23. The third-order valence-electron chi connectivity index (χ3n) is 0.435. The van der Waals surface area contributed by atoms with Crippen molar-refractivity contribution < 1.29 is 32.7 Å². The molecule has 0 aromatic heterocycles. The Hall–Kier alpha value is -0.755. The maximum atomic E-state index is 11.1. The van der Waals surface area contributed by atoms with E-state index < -0.39 is 19.5 Å². The summed E-state index contributed by atoms with van der Waals surface area (Å²) < 4.78 is 35.9. The molecule has 0 aromatic rings. The van der Waals surface area contributed by atoms with Crippen molar-refractivity contribution in [3.8, 4) is 0 Å². The van der Waals surface area contributed by atoms with E-state index in [1.807, 2.05) is 0 Å². The zero-order chi connectivity index (χ0) is 8.36. The number of carbonyl (C=O) groups is 1. The zero-order valence-electron chi connectivity index (χ0n) is 4.34. The summed E-state index contributed by atoms with van der Waals surface area (Å²) in [4.78, 5) is 9.53. The van der Waals surface area contributed by atoms with E-state index in [1.165, 1.54) is 0 Å². The van der Waals surface area contributed by atoms with Crippen LogP contribution in [0.2, 0.25) is 0 Å². The second kappa shape index (κ2) is 2.89. The Bertz CT molecular complexity index is 131. The van der Waals surface area contributed by atoms with Gasteiger partial charge in [-0.15, -0.1) is 0 Å². The third kappa shape index (κ3) is 3.31. The largest absolute Gasteiger partial charge is 0.860 e. The topological polar surface area (TPSA) is 72.4 Å². The maximum Gasteiger partial charge on any atom is 0.489 e. The highest BCUT2D eigenvalue weighted by Crippen LogP contribution is 2.15. The average Bonchev–Trinajstić information content (AvgIpc) is 1.60. The number of hydrogen-bond donors (Lipinski definition) is 0. The molecule has 0 aliphatic heterocycles. The third-order valence-corrected chi connectivity index (χ3v) is 0.435. The fraction of sp³-hybridized carbons (Fsp3) is 0.500. The first kappa shape index (κ1) is 9.24. The van der Waals surface area contributed by atoms with Crippen molar-refractivity contribution in [1.82, 2.24) is 0 Å². The van der Waals surface area contributed by atoms with E-state index in [1.54, 1.807) is 0 Å². The van der Waals surface area contributed by atoms with Crippen molar-refractivity contribution in [2.24, 2.45) is 0 Å². The quantitative estimate of drug-likeness (QED) is 0.403. The molecule has 0 radical (unpaired) electrons. The number of alkyl halides is 3. The lowest BCUT2D eigenvalue weighted by Crippen LogP contribution is -2.51. The number of halogens is 3. The van der Waals surface area contributed by atoms with Gasteiger partial charge in [-0.25, -0.2) is 4.79 Å². The molecule has 0 aromatic carbocycles. The molecule has 0 saturated heterocycles. The summed E-state index contributed by atoms with van der Waals surface area (Å²) in [5.41, 5.74) is 0. The monoisotopic (exact) mass is 156 g/mol. The van der Waals surface area contributed by atoms with E-state index in [-0.39, 0.29) is 0 Å². The number of hydrogen-bond acceptors (Lipinski definition) is 4. The van der Waals surface area contributed by atoms with Gasteiger partial charge in [0.25, 0.3) is 0 Å². The van der Waals surface area contributed by atoms with E-state index in [9.17, 15) is 28.0 Å². The standard InChI is InChI=1S/C2BF3O4/c4-2(5,6)1(7)10-3(8)9/q-2. The Labute approximate surface area is 53.4 Å². The molecule has 4 nitrogen and oxygen atoms in total. The minimum Gasteiger partial charge on any atom is -0.860 e. The normalized spacial score (nSPS) is 10.9. The molecule has 0 unspecified atom stereocenters. The Morgan fingerprint density at radius 1 is 1.40 bits per heavy atom. The van der Waals surface area contributed by atoms with Crippen LogP contribution in [0.25, 0.3) is 0 Å². The molecular formula is C2BF3O4-2. The second-order valence-corrected chi connectivity index (χ2v) is 1.19. The fourth-order valence-corrected chi connectivity index (χ4v) is 0.154. The molecule has 58 valence electrons. The van der Waals surface area contributed by atoms with Gasteiger partial charge in [0, 0.05) is 0 Å². The van der Waals surface area contributed by atoms with Gasteiger partial charge in [-0.2, -0.15) is 13.2 Å². The van der Waals surface area contributed by atoms with Crippen LogP contribution in [0.15, 0.2) is 0 Å². The summed E-state index contributed by atoms with van der Waals surface area (Å²) in [6.45, 7) is 0. The summed E-state index contributed by atoms with van der Waals surface area (Å²) in [6.07, 6.45) is -5.27. The fourth-order valence-electron chi connectivity index (χ4n) is 0.154. The van der Waals surface area contributed by atoms with Gasteiger partial charge < -0.3 is 14.7 Å². The van der Waals surface area contributed by atoms with Crippen molar-refractivity contribution >= 4 is 13.3 Å². The molecule has 0 fully saturated rings. The molecule has 0 aliphatic rings. The molecular weight excluding hydrogens is 156 g/mol. The Morgan fingerprint density at radius 2 is 1.80 bits per heavy atom. The van der Waals surface area contributed by atoms with Crippen molar-refractivity contribution in [3.05, 3.63) is 0 Å². The van der Waals surface area contributed by atoms with Crippen LogP contribution in [-0.4, -0.2) is 19.5 Å². The van der Waals surface area contributed by atoms with Crippen molar-refractivity contribution in [2.75, 3.05) is 0 Å². The lowest BCUT2D eigenvalue weighted by molar-refractivity contribution is -0.379. The molecule has 0 spiro atoms. The van der Waals surface area contributed by atoms with Crippen molar-refractivity contribution in [2.45, 2.75) is 6.18 Å². The van der Waals surface area contributed by atoms with Gasteiger partial charge >= 0.3 is 12.1 Å². The molecule has 8 heteroatoms. The molecule has 0 amide bonds. The number of rotatable bonds is 1. The van der Waals surface area contributed by atoms with E-state index in [4.69, 9.17) is 0 Å². The van der Waals surface area contributed by atoms with Crippen molar-refractivity contribution in [3.63, 3.8) is 0 Å². The molecule has 10 heavy (non-hydrogen) atoms. The molecule has 0 atom stereocenters. The van der Waals surface area contributed by atoms with Crippen LogP contribution in [-0.2, 0) is 9.45 Å². The molecule has 0 rings (SSSR count).